The Balaban J connectivity index is 1.82. The van der Waals surface area contributed by atoms with Gasteiger partial charge < -0.3 is 19.5 Å². The second-order valence-electron chi connectivity index (χ2n) is 7.36. The zero-order valence-corrected chi connectivity index (χ0v) is 19.6. The van der Waals surface area contributed by atoms with Crippen LogP contribution in [0.1, 0.15) is 35.2 Å². The number of halogens is 2. The van der Waals surface area contributed by atoms with Crippen LogP contribution in [0.25, 0.3) is 0 Å². The summed E-state index contributed by atoms with van der Waals surface area (Å²) in [5, 5.41) is 3.73. The summed E-state index contributed by atoms with van der Waals surface area (Å²) < 4.78 is 16.2. The maximum atomic E-state index is 13.0. The number of ether oxygens (including phenoxy) is 3. The molecule has 170 valence electrons. The molecule has 3 rings (SSSR count). The molecule has 0 radical (unpaired) electrons. The van der Waals surface area contributed by atoms with Crippen molar-refractivity contribution in [2.24, 2.45) is 5.92 Å². The van der Waals surface area contributed by atoms with Gasteiger partial charge in [0.25, 0.3) is 5.91 Å². The maximum Gasteiger partial charge on any atom is 0.314 e. The predicted molar refractivity (Wildman–Crippen MR) is 124 cm³/mol. The largest absolute Gasteiger partial charge is 0.497 e. The Kier molecular flexibility index (Phi) is 8.04. The number of nitrogens with one attached hydrogen (secondary N) is 1. The first-order chi connectivity index (χ1) is 15.4. The summed E-state index contributed by atoms with van der Waals surface area (Å²) in [5.74, 6) is -0.293. The van der Waals surface area contributed by atoms with Gasteiger partial charge in [0.1, 0.15) is 11.5 Å². The summed E-state index contributed by atoms with van der Waals surface area (Å²) >= 11 is 12.0. The maximum absolute atomic E-state index is 13.0. The minimum atomic E-state index is -0.612. The molecule has 1 N–H and O–H groups in total. The van der Waals surface area contributed by atoms with Crippen molar-refractivity contribution in [1.82, 2.24) is 5.32 Å². The van der Waals surface area contributed by atoms with Crippen molar-refractivity contribution < 1.29 is 23.8 Å². The molecule has 0 aromatic heterocycles. The zero-order chi connectivity index (χ0) is 23.3. The molecule has 1 aliphatic carbocycles. The Morgan fingerprint density at radius 3 is 2.41 bits per heavy atom. The van der Waals surface area contributed by atoms with Crippen molar-refractivity contribution in [3.05, 3.63) is 69.7 Å². The first-order valence-electron chi connectivity index (χ1n) is 10.2. The lowest BCUT2D eigenvalue weighted by molar-refractivity contribution is -0.146. The highest BCUT2D eigenvalue weighted by molar-refractivity contribution is 6.35. The van der Waals surface area contributed by atoms with E-state index in [1.165, 1.54) is 0 Å². The highest BCUT2D eigenvalue weighted by atomic mass is 35.5. The van der Waals surface area contributed by atoms with Crippen LogP contribution in [-0.2, 0) is 9.53 Å². The Morgan fingerprint density at radius 1 is 1.06 bits per heavy atom. The van der Waals surface area contributed by atoms with Gasteiger partial charge in [-0.2, -0.15) is 0 Å². The van der Waals surface area contributed by atoms with E-state index < -0.39 is 5.92 Å². The van der Waals surface area contributed by atoms with Crippen LogP contribution < -0.4 is 14.8 Å². The smallest absolute Gasteiger partial charge is 0.314 e. The summed E-state index contributed by atoms with van der Waals surface area (Å²) in [5.41, 5.74) is 1.05. The number of hydrogen-bond donors (Lipinski definition) is 1. The normalized spacial score (nSPS) is 18.2. The molecule has 1 amide bonds. The Hall–Kier alpha value is -2.70. The summed E-state index contributed by atoms with van der Waals surface area (Å²) in [6.07, 6.45) is 4.33. The molecule has 3 atom stereocenters. The first-order valence-corrected chi connectivity index (χ1v) is 11.0. The van der Waals surface area contributed by atoms with E-state index in [2.05, 4.69) is 5.32 Å². The van der Waals surface area contributed by atoms with Gasteiger partial charge in [-0.15, -0.1) is 0 Å². The number of allylic oxidation sites excluding steroid dienone is 1. The minimum absolute atomic E-state index is 0.205. The number of esters is 1. The third-order valence-corrected chi connectivity index (χ3v) is 5.73. The number of amides is 1. The lowest BCUT2D eigenvalue weighted by atomic mass is 9.84. The van der Waals surface area contributed by atoms with Gasteiger partial charge in [0.05, 0.1) is 26.7 Å². The summed E-state index contributed by atoms with van der Waals surface area (Å²) in [4.78, 5) is 25.6. The second-order valence-corrected chi connectivity index (χ2v) is 8.23. The van der Waals surface area contributed by atoms with Gasteiger partial charge in [0, 0.05) is 27.2 Å². The highest BCUT2D eigenvalue weighted by Gasteiger charge is 2.36. The Morgan fingerprint density at radius 2 is 1.78 bits per heavy atom. The third kappa shape index (κ3) is 5.56. The molecule has 0 fully saturated rings. The van der Waals surface area contributed by atoms with Gasteiger partial charge in [-0.05, 0) is 55.7 Å². The van der Waals surface area contributed by atoms with Crippen molar-refractivity contribution in [2.45, 2.75) is 25.3 Å². The number of rotatable bonds is 8. The van der Waals surface area contributed by atoms with Crippen LogP contribution in [0.3, 0.4) is 0 Å². The first kappa shape index (κ1) is 24.0. The quantitative estimate of drug-likeness (QED) is 0.426. The highest BCUT2D eigenvalue weighted by Crippen LogP contribution is 2.40. The third-order valence-electron chi connectivity index (χ3n) is 5.30. The van der Waals surface area contributed by atoms with E-state index in [0.717, 1.165) is 0 Å². The molecular weight excluding hydrogens is 453 g/mol. The standard InChI is InChI=1S/C24H25Cl2NO5/c1-4-32-24(29)22(20-13-19(30-2)7-8-21(20)31-3)14-5-6-18(11-14)27-23(28)15-9-16(25)12-17(26)10-15/h5-10,12-14,18,22H,4,11H2,1-3H3,(H,27,28). The van der Waals surface area contributed by atoms with E-state index in [-0.39, 0.29) is 30.4 Å². The van der Waals surface area contributed by atoms with E-state index >= 15 is 0 Å². The van der Waals surface area contributed by atoms with E-state index in [4.69, 9.17) is 37.4 Å². The molecule has 0 bridgehead atoms. The number of carbonyl (C=O) groups is 2. The fraction of sp³-hybridized carbons (Fsp3) is 0.333. The molecule has 0 aliphatic heterocycles. The van der Waals surface area contributed by atoms with Crippen LogP contribution in [0.2, 0.25) is 10.0 Å². The van der Waals surface area contributed by atoms with E-state index in [1.54, 1.807) is 57.5 Å². The number of benzene rings is 2. The fourth-order valence-corrected chi connectivity index (χ4v) is 4.39. The number of methoxy groups -OCH3 is 2. The number of carbonyl (C=O) groups excluding carboxylic acids is 2. The second kappa shape index (κ2) is 10.7. The van der Waals surface area contributed by atoms with Gasteiger partial charge >= 0.3 is 5.97 Å². The number of hydrogen-bond acceptors (Lipinski definition) is 5. The molecule has 0 saturated heterocycles. The zero-order valence-electron chi connectivity index (χ0n) is 18.1. The van der Waals surface area contributed by atoms with Crippen LogP contribution >= 0.6 is 23.2 Å². The predicted octanol–water partition coefficient (Wildman–Crippen LogP) is 5.03. The SMILES string of the molecule is CCOC(=O)C(c1cc(OC)ccc1OC)C1C=CC(NC(=O)c2cc(Cl)cc(Cl)c2)C1. The van der Waals surface area contributed by atoms with Crippen LogP contribution in [-0.4, -0.2) is 38.7 Å². The fourth-order valence-electron chi connectivity index (χ4n) is 3.86. The molecule has 2 aromatic rings. The Bertz CT molecular complexity index is 1000. The molecule has 8 heteroatoms. The minimum Gasteiger partial charge on any atom is -0.497 e. The van der Waals surface area contributed by atoms with Crippen molar-refractivity contribution in [2.75, 3.05) is 20.8 Å². The van der Waals surface area contributed by atoms with E-state index in [0.29, 0.717) is 39.1 Å². The van der Waals surface area contributed by atoms with Gasteiger partial charge in [0.2, 0.25) is 0 Å². The molecule has 6 nitrogen and oxygen atoms in total. The topological polar surface area (TPSA) is 73.9 Å². The molecule has 32 heavy (non-hydrogen) atoms. The monoisotopic (exact) mass is 477 g/mol. The summed E-state index contributed by atoms with van der Waals surface area (Å²) in [7, 11) is 3.12. The van der Waals surface area contributed by atoms with Crippen LogP contribution in [0.4, 0.5) is 0 Å². The molecule has 0 saturated carbocycles. The molecule has 0 spiro atoms. The van der Waals surface area contributed by atoms with Crippen LogP contribution in [0, 0.1) is 5.92 Å². The lowest BCUT2D eigenvalue weighted by Crippen LogP contribution is -2.34. The van der Waals surface area contributed by atoms with Gasteiger partial charge in [-0.3, -0.25) is 9.59 Å². The van der Waals surface area contributed by atoms with E-state index in [1.807, 2.05) is 12.2 Å². The molecule has 1 aliphatic rings. The average molecular weight is 478 g/mol. The van der Waals surface area contributed by atoms with Crippen LogP contribution in [0.15, 0.2) is 48.6 Å². The van der Waals surface area contributed by atoms with E-state index in [9.17, 15) is 9.59 Å². The van der Waals surface area contributed by atoms with Gasteiger partial charge in [-0.1, -0.05) is 35.4 Å². The van der Waals surface area contributed by atoms with Crippen LogP contribution in [0.5, 0.6) is 11.5 Å². The summed E-state index contributed by atoms with van der Waals surface area (Å²) in [6.45, 7) is 2.02. The molecule has 3 unspecified atom stereocenters. The van der Waals surface area contributed by atoms with Crippen molar-refractivity contribution in [1.29, 1.82) is 0 Å². The van der Waals surface area contributed by atoms with Crippen molar-refractivity contribution >= 4 is 35.1 Å². The Labute approximate surface area is 197 Å². The van der Waals surface area contributed by atoms with Gasteiger partial charge in [0.15, 0.2) is 0 Å². The van der Waals surface area contributed by atoms with Crippen molar-refractivity contribution in [3.63, 3.8) is 0 Å². The van der Waals surface area contributed by atoms with Gasteiger partial charge in [-0.25, -0.2) is 0 Å². The molecule has 2 aromatic carbocycles. The summed E-state index contributed by atoms with van der Waals surface area (Å²) in [6, 6.07) is 9.74. The molecule has 0 heterocycles. The average Bonchev–Trinajstić information content (AvgIpc) is 3.21. The lowest BCUT2D eigenvalue weighted by Gasteiger charge is -2.24. The van der Waals surface area contributed by atoms with Crippen molar-refractivity contribution in [3.8, 4) is 11.5 Å². The molecular formula is C24H25Cl2NO5.